The highest BCUT2D eigenvalue weighted by molar-refractivity contribution is 5.95. The maximum Gasteiger partial charge on any atom is 0.322 e. The van der Waals surface area contributed by atoms with Gasteiger partial charge < -0.3 is 5.73 Å². The van der Waals surface area contributed by atoms with Crippen LogP contribution in [0.1, 0.15) is 54.8 Å². The third-order valence-electron chi connectivity index (χ3n) is 3.80. The Morgan fingerprint density at radius 3 is 2.47 bits per heavy atom. The van der Waals surface area contributed by atoms with Crippen LogP contribution in [-0.4, -0.2) is 20.6 Å². The first-order chi connectivity index (χ1) is 8.91. The van der Waals surface area contributed by atoms with E-state index in [0.29, 0.717) is 5.92 Å². The molecule has 104 valence electrons. The van der Waals surface area contributed by atoms with Crippen molar-refractivity contribution in [2.45, 2.75) is 45.6 Å². The first-order valence-corrected chi connectivity index (χ1v) is 6.45. The molecule has 1 amide bonds. The average Bonchev–Trinajstić information content (AvgIpc) is 2.68. The molecule has 1 heterocycles. The summed E-state index contributed by atoms with van der Waals surface area (Å²) in [6, 6.07) is 0.0334. The van der Waals surface area contributed by atoms with E-state index in [0.717, 1.165) is 25.7 Å². The quantitative estimate of drug-likeness (QED) is 0.666. The van der Waals surface area contributed by atoms with E-state index in [4.69, 9.17) is 5.73 Å². The summed E-state index contributed by atoms with van der Waals surface area (Å²) >= 11 is 0. The van der Waals surface area contributed by atoms with Crippen molar-refractivity contribution in [2.75, 3.05) is 0 Å². The average molecular weight is 266 g/mol. The van der Waals surface area contributed by atoms with Gasteiger partial charge in [-0.25, -0.2) is 0 Å². The molecular formula is C12H18N4O3. The van der Waals surface area contributed by atoms with Gasteiger partial charge in [0.15, 0.2) is 0 Å². The minimum absolute atomic E-state index is 0.0334. The van der Waals surface area contributed by atoms with E-state index >= 15 is 0 Å². The molecule has 2 N–H and O–H groups in total. The van der Waals surface area contributed by atoms with Crippen molar-refractivity contribution in [3.05, 3.63) is 21.5 Å². The topological polar surface area (TPSA) is 104 Å². The molecule has 1 aliphatic rings. The normalized spacial score (nSPS) is 23.3. The molecule has 7 nitrogen and oxygen atoms in total. The van der Waals surface area contributed by atoms with Crippen molar-refractivity contribution in [3.8, 4) is 0 Å². The summed E-state index contributed by atoms with van der Waals surface area (Å²) in [5, 5.41) is 15.2. The molecular weight excluding hydrogens is 248 g/mol. The zero-order valence-corrected chi connectivity index (χ0v) is 11.1. The fourth-order valence-corrected chi connectivity index (χ4v) is 2.74. The van der Waals surface area contributed by atoms with Gasteiger partial charge in [-0.1, -0.05) is 6.92 Å². The molecule has 19 heavy (non-hydrogen) atoms. The van der Waals surface area contributed by atoms with Gasteiger partial charge in [0.1, 0.15) is 5.69 Å². The third kappa shape index (κ3) is 2.45. The molecule has 0 unspecified atom stereocenters. The minimum atomic E-state index is -0.786. The molecule has 0 aliphatic heterocycles. The maximum atomic E-state index is 11.5. The molecule has 1 saturated carbocycles. The van der Waals surface area contributed by atoms with Crippen LogP contribution in [0.3, 0.4) is 0 Å². The second-order valence-corrected chi connectivity index (χ2v) is 5.26. The van der Waals surface area contributed by atoms with E-state index < -0.39 is 10.8 Å². The summed E-state index contributed by atoms with van der Waals surface area (Å²) in [5.41, 5.74) is 5.22. The molecule has 0 atom stereocenters. The van der Waals surface area contributed by atoms with Crippen LogP contribution in [0.15, 0.2) is 0 Å². The van der Waals surface area contributed by atoms with Crippen molar-refractivity contribution < 1.29 is 9.72 Å². The molecule has 1 fully saturated rings. The number of nitro groups is 1. The molecule has 1 aromatic heterocycles. The van der Waals surface area contributed by atoms with Gasteiger partial charge in [0, 0.05) is 0 Å². The maximum absolute atomic E-state index is 11.5. The van der Waals surface area contributed by atoms with Gasteiger partial charge in [-0.2, -0.15) is 5.10 Å². The minimum Gasteiger partial charge on any atom is -0.364 e. The summed E-state index contributed by atoms with van der Waals surface area (Å²) in [6.45, 7) is 3.72. The van der Waals surface area contributed by atoms with Crippen LogP contribution in [0, 0.1) is 23.0 Å². The van der Waals surface area contributed by atoms with Gasteiger partial charge in [-0.3, -0.25) is 19.6 Å². The molecule has 1 aliphatic carbocycles. The number of hydrogen-bond acceptors (Lipinski definition) is 4. The van der Waals surface area contributed by atoms with Gasteiger partial charge in [0.05, 0.1) is 11.0 Å². The number of rotatable bonds is 3. The lowest BCUT2D eigenvalue weighted by molar-refractivity contribution is -0.385. The summed E-state index contributed by atoms with van der Waals surface area (Å²) in [5.74, 6) is -0.133. The Kier molecular flexibility index (Phi) is 3.55. The van der Waals surface area contributed by atoms with E-state index in [1.807, 2.05) is 0 Å². The number of carbonyl (C=O) groups excluding carboxylic acids is 1. The van der Waals surface area contributed by atoms with E-state index in [2.05, 4.69) is 12.0 Å². The van der Waals surface area contributed by atoms with Crippen LogP contribution >= 0.6 is 0 Å². The largest absolute Gasteiger partial charge is 0.364 e. The number of primary amides is 1. The van der Waals surface area contributed by atoms with Crippen molar-refractivity contribution in [3.63, 3.8) is 0 Å². The lowest BCUT2D eigenvalue weighted by atomic mass is 9.87. The number of nitrogens with two attached hydrogens (primary N) is 1. The van der Waals surface area contributed by atoms with Crippen molar-refractivity contribution >= 4 is 11.6 Å². The molecule has 0 aromatic carbocycles. The van der Waals surface area contributed by atoms with Crippen LogP contribution in [-0.2, 0) is 0 Å². The van der Waals surface area contributed by atoms with Crippen molar-refractivity contribution in [2.24, 2.45) is 11.7 Å². The fourth-order valence-electron chi connectivity index (χ4n) is 2.74. The standard InChI is InChI=1S/C12H18N4O3/c1-7-3-5-9(6-4-7)15-11(12(13)17)10(16(18)19)8(2)14-15/h7,9H,3-6H2,1-2H3,(H2,13,17)/t7-,9-. The highest BCUT2D eigenvalue weighted by Gasteiger charge is 2.33. The first-order valence-electron chi connectivity index (χ1n) is 6.45. The van der Waals surface area contributed by atoms with Gasteiger partial charge in [-0.15, -0.1) is 0 Å². The Bertz CT molecular complexity index is 515. The molecule has 1 aromatic rings. The Morgan fingerprint density at radius 2 is 2.00 bits per heavy atom. The first kappa shape index (κ1) is 13.5. The van der Waals surface area contributed by atoms with E-state index in [9.17, 15) is 14.9 Å². The molecule has 0 spiro atoms. The van der Waals surface area contributed by atoms with Gasteiger partial charge in [0.25, 0.3) is 5.91 Å². The smallest absolute Gasteiger partial charge is 0.322 e. The van der Waals surface area contributed by atoms with E-state index in [1.165, 1.54) is 11.6 Å². The number of carbonyl (C=O) groups is 1. The number of amides is 1. The third-order valence-corrected chi connectivity index (χ3v) is 3.80. The number of aryl methyl sites for hydroxylation is 1. The predicted octanol–water partition coefficient (Wildman–Crippen LogP) is 1.95. The Labute approximate surface area is 110 Å². The Hall–Kier alpha value is -1.92. The SMILES string of the molecule is Cc1nn([C@H]2CC[C@H](C)CC2)c(C(N)=O)c1[N+](=O)[O-]. The lowest BCUT2D eigenvalue weighted by Gasteiger charge is -2.26. The predicted molar refractivity (Wildman–Crippen MR) is 68.8 cm³/mol. The van der Waals surface area contributed by atoms with Crippen molar-refractivity contribution in [1.82, 2.24) is 9.78 Å². The zero-order valence-electron chi connectivity index (χ0n) is 11.1. The number of hydrogen-bond donors (Lipinski definition) is 1. The Balaban J connectivity index is 2.43. The second-order valence-electron chi connectivity index (χ2n) is 5.26. The van der Waals surface area contributed by atoms with E-state index in [-0.39, 0.29) is 23.1 Å². The van der Waals surface area contributed by atoms with Crippen LogP contribution in [0.25, 0.3) is 0 Å². The van der Waals surface area contributed by atoms with Crippen molar-refractivity contribution in [1.29, 1.82) is 0 Å². The van der Waals surface area contributed by atoms with Gasteiger partial charge >= 0.3 is 5.69 Å². The summed E-state index contributed by atoms with van der Waals surface area (Å²) in [7, 11) is 0. The summed E-state index contributed by atoms with van der Waals surface area (Å²) in [6.07, 6.45) is 3.82. The van der Waals surface area contributed by atoms with Gasteiger partial charge in [0.2, 0.25) is 5.69 Å². The van der Waals surface area contributed by atoms with Crippen LogP contribution < -0.4 is 5.73 Å². The summed E-state index contributed by atoms with van der Waals surface area (Å²) in [4.78, 5) is 22.0. The molecule has 0 bridgehead atoms. The highest BCUT2D eigenvalue weighted by Crippen LogP contribution is 2.35. The molecule has 2 rings (SSSR count). The monoisotopic (exact) mass is 266 g/mol. The lowest BCUT2D eigenvalue weighted by Crippen LogP contribution is -2.24. The van der Waals surface area contributed by atoms with Crippen LogP contribution in [0.2, 0.25) is 0 Å². The van der Waals surface area contributed by atoms with Crippen LogP contribution in [0.4, 0.5) is 5.69 Å². The van der Waals surface area contributed by atoms with E-state index in [1.54, 1.807) is 0 Å². The number of nitrogens with zero attached hydrogens (tertiary/aromatic N) is 3. The highest BCUT2D eigenvalue weighted by atomic mass is 16.6. The fraction of sp³-hybridized carbons (Fsp3) is 0.667. The van der Waals surface area contributed by atoms with Crippen LogP contribution in [0.5, 0.6) is 0 Å². The zero-order chi connectivity index (χ0) is 14.2. The second kappa shape index (κ2) is 4.99. The Morgan fingerprint density at radius 1 is 1.42 bits per heavy atom. The summed E-state index contributed by atoms with van der Waals surface area (Å²) < 4.78 is 1.47. The molecule has 7 heteroatoms. The number of aromatic nitrogens is 2. The molecule has 0 radical (unpaired) electrons. The van der Waals surface area contributed by atoms with Gasteiger partial charge in [-0.05, 0) is 38.5 Å². The molecule has 0 saturated heterocycles.